The van der Waals surface area contributed by atoms with Crippen LogP contribution >= 0.6 is 23.2 Å². The summed E-state index contributed by atoms with van der Waals surface area (Å²) in [6.07, 6.45) is -0.345. The van der Waals surface area contributed by atoms with Crippen molar-refractivity contribution in [2.24, 2.45) is 5.92 Å². The van der Waals surface area contributed by atoms with Crippen LogP contribution in [0.5, 0.6) is 0 Å². The van der Waals surface area contributed by atoms with Crippen LogP contribution in [-0.4, -0.2) is 28.7 Å². The first kappa shape index (κ1) is 11.0. The normalized spacial score (nSPS) is 24.2. The second kappa shape index (κ2) is 3.96. The number of likely N-dealkylation sites (tertiary alicyclic amines) is 1. The molecule has 1 saturated heterocycles. The maximum absolute atomic E-state index is 12.3. The third-order valence-electron chi connectivity index (χ3n) is 1.96. The predicted octanol–water partition coefficient (Wildman–Crippen LogP) is 2.25. The van der Waals surface area contributed by atoms with Gasteiger partial charge in [-0.25, -0.2) is 0 Å². The van der Waals surface area contributed by atoms with Gasteiger partial charge in [0.15, 0.2) is 0 Å². The number of carbonyl (C=O) groups excluding carboxylic acids is 1. The van der Waals surface area contributed by atoms with E-state index in [0.717, 1.165) is 0 Å². The number of nitrogens with zero attached hydrogens (tertiary/aromatic N) is 1. The van der Waals surface area contributed by atoms with E-state index in [4.69, 9.17) is 23.2 Å². The Morgan fingerprint density at radius 2 is 2.23 bits per heavy atom. The van der Waals surface area contributed by atoms with Gasteiger partial charge in [0.05, 0.1) is 6.00 Å². The van der Waals surface area contributed by atoms with Gasteiger partial charge >= 0.3 is 5.38 Å². The molecule has 0 aliphatic carbocycles. The van der Waals surface area contributed by atoms with Gasteiger partial charge < -0.3 is 4.90 Å². The Balaban J connectivity index is 2.45. The van der Waals surface area contributed by atoms with Crippen molar-refractivity contribution < 1.29 is 13.6 Å². The minimum atomic E-state index is -3.22. The largest absolute Gasteiger partial charge is 0.329 e. The first-order chi connectivity index (χ1) is 5.92. The first-order valence-corrected chi connectivity index (χ1v) is 4.74. The van der Waals surface area contributed by atoms with E-state index in [0.29, 0.717) is 0 Å². The number of carbonyl (C=O) groups is 1. The lowest BCUT2D eigenvalue weighted by Crippen LogP contribution is -2.24. The Kier molecular flexibility index (Phi) is 3.35. The lowest BCUT2D eigenvalue weighted by Gasteiger charge is -2.14. The molecule has 1 atom stereocenters. The molecule has 0 radical (unpaired) electrons. The molecule has 1 aliphatic rings. The Hall–Kier alpha value is -0.0900. The smallest absolute Gasteiger partial charge is 0.322 e. The van der Waals surface area contributed by atoms with Crippen molar-refractivity contribution in [2.75, 3.05) is 12.5 Å². The number of hydrogen-bond acceptors (Lipinski definition) is 1. The average molecular weight is 232 g/mol. The van der Waals surface area contributed by atoms with Gasteiger partial charge in [0.25, 0.3) is 0 Å². The van der Waals surface area contributed by atoms with Gasteiger partial charge in [-0.2, -0.15) is 8.78 Å². The van der Waals surface area contributed by atoms with Crippen LogP contribution in [0, 0.1) is 5.92 Å². The third-order valence-corrected chi connectivity index (χ3v) is 2.40. The molecule has 0 unspecified atom stereocenters. The minimum Gasteiger partial charge on any atom is -0.329 e. The van der Waals surface area contributed by atoms with Crippen LogP contribution in [0.3, 0.4) is 0 Å². The van der Waals surface area contributed by atoms with E-state index in [-0.39, 0.29) is 30.8 Å². The van der Waals surface area contributed by atoms with Crippen LogP contribution in [0.4, 0.5) is 8.78 Å². The molecule has 0 aromatic heterocycles. The Morgan fingerprint density at radius 1 is 1.62 bits per heavy atom. The van der Waals surface area contributed by atoms with E-state index in [1.54, 1.807) is 0 Å². The van der Waals surface area contributed by atoms with Crippen molar-refractivity contribution in [3.63, 3.8) is 0 Å². The van der Waals surface area contributed by atoms with Crippen LogP contribution in [0.2, 0.25) is 0 Å². The Morgan fingerprint density at radius 3 is 2.62 bits per heavy atom. The van der Waals surface area contributed by atoms with Crippen LogP contribution in [0.15, 0.2) is 0 Å². The van der Waals surface area contributed by atoms with E-state index in [1.165, 1.54) is 4.90 Å². The van der Waals surface area contributed by atoms with E-state index in [2.05, 4.69) is 0 Å². The molecule has 0 aromatic rings. The zero-order valence-corrected chi connectivity index (χ0v) is 8.28. The summed E-state index contributed by atoms with van der Waals surface area (Å²) in [5.74, 6) is -0.556. The molecule has 0 spiro atoms. The second-order valence-corrected chi connectivity index (χ2v) is 3.92. The van der Waals surface area contributed by atoms with Gasteiger partial charge in [0.1, 0.15) is 0 Å². The number of alkyl halides is 4. The third kappa shape index (κ3) is 3.27. The summed E-state index contributed by atoms with van der Waals surface area (Å²) in [4.78, 5) is 12.4. The molecular weight excluding hydrogens is 223 g/mol. The highest BCUT2D eigenvalue weighted by Crippen LogP contribution is 2.32. The SMILES string of the molecule is O=C1C[C@@H](CC(F)(F)Cl)CN1CCl. The zero-order chi connectivity index (χ0) is 10.1. The molecule has 1 rings (SSSR count). The molecule has 76 valence electrons. The van der Waals surface area contributed by atoms with E-state index < -0.39 is 11.8 Å². The van der Waals surface area contributed by atoms with Gasteiger partial charge in [-0.15, -0.1) is 11.6 Å². The quantitative estimate of drug-likeness (QED) is 0.539. The van der Waals surface area contributed by atoms with Crippen molar-refractivity contribution in [3.05, 3.63) is 0 Å². The lowest BCUT2D eigenvalue weighted by atomic mass is 10.1. The van der Waals surface area contributed by atoms with Crippen LogP contribution in [0.25, 0.3) is 0 Å². The summed E-state index contributed by atoms with van der Waals surface area (Å²) in [5, 5.41) is -3.22. The second-order valence-electron chi connectivity index (χ2n) is 3.13. The molecular formula is C7H9Cl2F2NO. The molecule has 0 bridgehead atoms. The molecule has 1 fully saturated rings. The molecule has 6 heteroatoms. The Bertz CT molecular complexity index is 207. The van der Waals surface area contributed by atoms with Gasteiger partial charge in [-0.3, -0.25) is 4.79 Å². The highest BCUT2D eigenvalue weighted by molar-refractivity contribution is 6.21. The average Bonchev–Trinajstić information content (AvgIpc) is 2.26. The first-order valence-electron chi connectivity index (χ1n) is 3.83. The topological polar surface area (TPSA) is 20.3 Å². The highest BCUT2D eigenvalue weighted by atomic mass is 35.5. The van der Waals surface area contributed by atoms with Crippen molar-refractivity contribution in [1.29, 1.82) is 0 Å². The lowest BCUT2D eigenvalue weighted by molar-refractivity contribution is -0.126. The number of rotatable bonds is 3. The van der Waals surface area contributed by atoms with Crippen LogP contribution < -0.4 is 0 Å². The predicted molar refractivity (Wildman–Crippen MR) is 46.0 cm³/mol. The summed E-state index contributed by atoms with van der Waals surface area (Å²) in [6, 6.07) is 0.0587. The van der Waals surface area contributed by atoms with Crippen molar-refractivity contribution in [1.82, 2.24) is 4.90 Å². The molecule has 1 heterocycles. The van der Waals surface area contributed by atoms with Crippen LogP contribution in [-0.2, 0) is 4.79 Å². The maximum Gasteiger partial charge on any atom is 0.322 e. The molecule has 13 heavy (non-hydrogen) atoms. The molecule has 2 nitrogen and oxygen atoms in total. The summed E-state index contributed by atoms with van der Waals surface area (Å²) in [6.45, 7) is 0.282. The van der Waals surface area contributed by atoms with Gasteiger partial charge in [0, 0.05) is 19.4 Å². The summed E-state index contributed by atoms with van der Waals surface area (Å²) in [7, 11) is 0. The molecule has 0 saturated carbocycles. The summed E-state index contributed by atoms with van der Waals surface area (Å²) >= 11 is 10.2. The fraction of sp³-hybridized carbons (Fsp3) is 0.857. The molecule has 0 aromatic carbocycles. The van der Waals surface area contributed by atoms with Crippen molar-refractivity contribution >= 4 is 29.1 Å². The van der Waals surface area contributed by atoms with E-state index >= 15 is 0 Å². The van der Waals surface area contributed by atoms with E-state index in [1.807, 2.05) is 0 Å². The monoisotopic (exact) mass is 231 g/mol. The number of halogens is 4. The van der Waals surface area contributed by atoms with Gasteiger partial charge in [-0.1, -0.05) is 0 Å². The highest BCUT2D eigenvalue weighted by Gasteiger charge is 2.36. The summed E-state index contributed by atoms with van der Waals surface area (Å²) < 4.78 is 24.7. The van der Waals surface area contributed by atoms with Gasteiger partial charge in [0.2, 0.25) is 5.91 Å². The summed E-state index contributed by atoms with van der Waals surface area (Å²) in [5.41, 5.74) is 0. The minimum absolute atomic E-state index is 0.0587. The Labute approximate surface area is 84.8 Å². The fourth-order valence-corrected chi connectivity index (χ4v) is 1.88. The van der Waals surface area contributed by atoms with E-state index in [9.17, 15) is 13.6 Å². The molecule has 1 amide bonds. The number of hydrogen-bond donors (Lipinski definition) is 0. The molecule has 1 aliphatic heterocycles. The van der Waals surface area contributed by atoms with Gasteiger partial charge in [-0.05, 0) is 17.5 Å². The standard InChI is InChI=1S/C7H9Cl2F2NO/c8-4-12-3-5(1-6(12)13)2-7(9,10)11/h5H,1-4H2/t5-/m0/s1. The fourth-order valence-electron chi connectivity index (χ4n) is 1.43. The van der Waals surface area contributed by atoms with Crippen molar-refractivity contribution in [2.45, 2.75) is 18.2 Å². The zero-order valence-electron chi connectivity index (χ0n) is 6.77. The van der Waals surface area contributed by atoms with Crippen LogP contribution in [0.1, 0.15) is 12.8 Å². The number of amides is 1. The maximum atomic E-state index is 12.3. The van der Waals surface area contributed by atoms with Crippen molar-refractivity contribution in [3.8, 4) is 0 Å². The molecule has 0 N–H and O–H groups in total.